The van der Waals surface area contributed by atoms with E-state index in [1.54, 1.807) is 12.1 Å². The molecular weight excluding hydrogens is 237 g/mol. The van der Waals surface area contributed by atoms with Gasteiger partial charge in [0, 0.05) is 13.1 Å². The maximum atomic E-state index is 12.8. The molecule has 1 rings (SSSR count). The van der Waals surface area contributed by atoms with Gasteiger partial charge in [-0.15, -0.1) is 0 Å². The van der Waals surface area contributed by atoms with Gasteiger partial charge in [0.1, 0.15) is 4.60 Å². The molecular formula is C9H7BrFNO. The Hall–Kier alpha value is -1.03. The first-order valence-electron chi connectivity index (χ1n) is 3.59. The Bertz CT molecular complexity index is 345. The molecule has 0 fully saturated rings. The van der Waals surface area contributed by atoms with Gasteiger partial charge in [0.05, 0.1) is 0 Å². The van der Waals surface area contributed by atoms with E-state index in [1.807, 2.05) is 0 Å². The zero-order valence-electron chi connectivity index (χ0n) is 6.92. The number of carbonyl (C=O) groups is 1. The third-order valence-corrected chi connectivity index (χ3v) is 1.85. The smallest absolute Gasteiger partial charge is 0.188 e. The summed E-state index contributed by atoms with van der Waals surface area (Å²) in [5, 5.41) is 0. The van der Waals surface area contributed by atoms with Crippen LogP contribution in [0.3, 0.4) is 0 Å². The molecule has 0 aromatic carbocycles. The quantitative estimate of drug-likeness (QED) is 0.591. The molecule has 0 N–H and O–H groups in total. The fourth-order valence-corrected chi connectivity index (χ4v) is 0.955. The standard InChI is InChI=1S/C9H7BrFNO/c1-6(13)8(11)4-7-2-3-9(10)12-5-7/h2-5H,1H3. The average Bonchev–Trinajstić information content (AvgIpc) is 2.08. The SMILES string of the molecule is CC(=O)C(F)=Cc1ccc(Br)nc1. The number of aromatic nitrogens is 1. The van der Waals surface area contributed by atoms with E-state index < -0.39 is 11.6 Å². The molecule has 4 heteroatoms. The highest BCUT2D eigenvalue weighted by atomic mass is 79.9. The van der Waals surface area contributed by atoms with E-state index in [0.717, 1.165) is 6.08 Å². The van der Waals surface area contributed by atoms with E-state index in [1.165, 1.54) is 13.1 Å². The van der Waals surface area contributed by atoms with E-state index >= 15 is 0 Å². The highest BCUT2D eigenvalue weighted by molar-refractivity contribution is 9.10. The summed E-state index contributed by atoms with van der Waals surface area (Å²) in [5.41, 5.74) is 0.566. The molecule has 0 aliphatic rings. The summed E-state index contributed by atoms with van der Waals surface area (Å²) in [7, 11) is 0. The van der Waals surface area contributed by atoms with Crippen LogP contribution < -0.4 is 0 Å². The van der Waals surface area contributed by atoms with Crippen molar-refractivity contribution in [3.05, 3.63) is 34.3 Å². The summed E-state index contributed by atoms with van der Waals surface area (Å²) in [4.78, 5) is 14.4. The summed E-state index contributed by atoms with van der Waals surface area (Å²) >= 11 is 3.15. The average molecular weight is 244 g/mol. The second kappa shape index (κ2) is 4.28. The lowest BCUT2D eigenvalue weighted by Gasteiger charge is -1.93. The first-order chi connectivity index (χ1) is 6.09. The topological polar surface area (TPSA) is 30.0 Å². The Labute approximate surface area is 83.6 Å². The molecule has 1 aromatic rings. The number of hydrogen-bond donors (Lipinski definition) is 0. The van der Waals surface area contributed by atoms with Crippen LogP contribution in [0, 0.1) is 0 Å². The van der Waals surface area contributed by atoms with E-state index in [9.17, 15) is 9.18 Å². The number of ketones is 1. The van der Waals surface area contributed by atoms with Crippen molar-refractivity contribution >= 4 is 27.8 Å². The van der Waals surface area contributed by atoms with Crippen molar-refractivity contribution in [1.29, 1.82) is 0 Å². The predicted octanol–water partition coefficient (Wildman–Crippen LogP) is 2.74. The summed E-state index contributed by atoms with van der Waals surface area (Å²) < 4.78 is 13.5. The minimum absolute atomic E-state index is 0.566. The number of Topliss-reactive ketones (excluding diaryl/α,β-unsaturated/α-hetero) is 1. The number of hydrogen-bond acceptors (Lipinski definition) is 2. The molecule has 0 aliphatic heterocycles. The fourth-order valence-electron chi connectivity index (χ4n) is 0.721. The Balaban J connectivity index is 2.92. The fraction of sp³-hybridized carbons (Fsp3) is 0.111. The number of pyridine rings is 1. The van der Waals surface area contributed by atoms with Crippen molar-refractivity contribution in [2.45, 2.75) is 6.92 Å². The highest BCUT2D eigenvalue weighted by Crippen LogP contribution is 2.10. The lowest BCUT2D eigenvalue weighted by molar-refractivity contribution is -0.114. The van der Waals surface area contributed by atoms with Gasteiger partial charge in [-0.25, -0.2) is 9.37 Å². The van der Waals surface area contributed by atoms with E-state index in [-0.39, 0.29) is 0 Å². The van der Waals surface area contributed by atoms with Gasteiger partial charge in [-0.2, -0.15) is 0 Å². The minimum Gasteiger partial charge on any atom is -0.292 e. The van der Waals surface area contributed by atoms with Crippen LogP contribution in [0.5, 0.6) is 0 Å². The lowest BCUT2D eigenvalue weighted by atomic mass is 10.2. The Kier molecular flexibility index (Phi) is 3.31. The van der Waals surface area contributed by atoms with Crippen LogP contribution in [0.15, 0.2) is 28.8 Å². The van der Waals surface area contributed by atoms with E-state index in [0.29, 0.717) is 10.2 Å². The van der Waals surface area contributed by atoms with Crippen LogP contribution in [0.25, 0.3) is 6.08 Å². The van der Waals surface area contributed by atoms with Gasteiger partial charge in [0.2, 0.25) is 0 Å². The monoisotopic (exact) mass is 243 g/mol. The Morgan fingerprint density at radius 3 is 2.77 bits per heavy atom. The molecule has 0 spiro atoms. The van der Waals surface area contributed by atoms with Crippen molar-refractivity contribution in [3.63, 3.8) is 0 Å². The number of halogens is 2. The zero-order chi connectivity index (χ0) is 9.84. The molecule has 0 amide bonds. The normalized spacial score (nSPS) is 11.5. The number of nitrogens with zero attached hydrogens (tertiary/aromatic N) is 1. The first kappa shape index (κ1) is 10.1. The molecule has 0 aliphatic carbocycles. The maximum absolute atomic E-state index is 12.8. The molecule has 1 aromatic heterocycles. The number of carbonyl (C=O) groups excluding carboxylic acids is 1. The Morgan fingerprint density at radius 2 is 2.31 bits per heavy atom. The van der Waals surface area contributed by atoms with Crippen LogP contribution in [-0.2, 0) is 4.79 Å². The van der Waals surface area contributed by atoms with Gasteiger partial charge >= 0.3 is 0 Å². The van der Waals surface area contributed by atoms with Crippen LogP contribution in [0.1, 0.15) is 12.5 Å². The van der Waals surface area contributed by atoms with Crippen molar-refractivity contribution in [3.8, 4) is 0 Å². The van der Waals surface area contributed by atoms with Crippen LogP contribution >= 0.6 is 15.9 Å². The molecule has 13 heavy (non-hydrogen) atoms. The van der Waals surface area contributed by atoms with Gasteiger partial charge in [0.15, 0.2) is 11.6 Å². The molecule has 0 atom stereocenters. The number of allylic oxidation sites excluding steroid dienone is 1. The second-order valence-corrected chi connectivity index (χ2v) is 3.28. The summed E-state index contributed by atoms with van der Waals surface area (Å²) in [5.74, 6) is -1.34. The highest BCUT2D eigenvalue weighted by Gasteiger charge is 2.01. The molecule has 68 valence electrons. The maximum Gasteiger partial charge on any atom is 0.188 e. The van der Waals surface area contributed by atoms with Crippen molar-refractivity contribution < 1.29 is 9.18 Å². The van der Waals surface area contributed by atoms with E-state index in [4.69, 9.17) is 0 Å². The van der Waals surface area contributed by atoms with Gasteiger partial charge in [-0.1, -0.05) is 6.07 Å². The zero-order valence-corrected chi connectivity index (χ0v) is 8.51. The molecule has 0 bridgehead atoms. The van der Waals surface area contributed by atoms with Crippen molar-refractivity contribution in [1.82, 2.24) is 4.98 Å². The lowest BCUT2D eigenvalue weighted by Crippen LogP contribution is -1.89. The summed E-state index contributed by atoms with van der Waals surface area (Å²) in [6.45, 7) is 1.18. The molecule has 2 nitrogen and oxygen atoms in total. The Morgan fingerprint density at radius 1 is 1.62 bits per heavy atom. The second-order valence-electron chi connectivity index (χ2n) is 2.46. The van der Waals surface area contributed by atoms with Gasteiger partial charge in [-0.05, 0) is 33.6 Å². The largest absolute Gasteiger partial charge is 0.292 e. The van der Waals surface area contributed by atoms with Gasteiger partial charge in [-0.3, -0.25) is 4.79 Å². The van der Waals surface area contributed by atoms with Crippen molar-refractivity contribution in [2.75, 3.05) is 0 Å². The molecule has 0 unspecified atom stereocenters. The van der Waals surface area contributed by atoms with Gasteiger partial charge < -0.3 is 0 Å². The van der Waals surface area contributed by atoms with E-state index in [2.05, 4.69) is 20.9 Å². The summed E-state index contributed by atoms with van der Waals surface area (Å²) in [6, 6.07) is 3.35. The first-order valence-corrected chi connectivity index (χ1v) is 4.38. The predicted molar refractivity (Wildman–Crippen MR) is 51.7 cm³/mol. The van der Waals surface area contributed by atoms with Gasteiger partial charge in [0.25, 0.3) is 0 Å². The molecule has 0 saturated carbocycles. The molecule has 0 saturated heterocycles. The van der Waals surface area contributed by atoms with Crippen LogP contribution in [0.2, 0.25) is 0 Å². The minimum atomic E-state index is -0.760. The molecule has 0 radical (unpaired) electrons. The molecule has 1 heterocycles. The summed E-state index contributed by atoms with van der Waals surface area (Å²) in [6.07, 6.45) is 2.63. The van der Waals surface area contributed by atoms with Crippen molar-refractivity contribution in [2.24, 2.45) is 0 Å². The third-order valence-electron chi connectivity index (χ3n) is 1.38. The van der Waals surface area contributed by atoms with Crippen LogP contribution in [-0.4, -0.2) is 10.8 Å². The number of rotatable bonds is 2. The third kappa shape index (κ3) is 3.06. The van der Waals surface area contributed by atoms with Crippen LogP contribution in [0.4, 0.5) is 4.39 Å².